The molecule has 0 aromatic heterocycles. The van der Waals surface area contributed by atoms with E-state index in [0.29, 0.717) is 13.2 Å². The molecule has 1 saturated heterocycles. The van der Waals surface area contributed by atoms with Crippen LogP contribution in [0.15, 0.2) is 24.3 Å². The predicted molar refractivity (Wildman–Crippen MR) is 45.5 cm³/mol. The predicted octanol–water partition coefficient (Wildman–Crippen LogP) is 1.49. The van der Waals surface area contributed by atoms with Crippen LogP contribution >= 0.6 is 0 Å². The maximum Gasteiger partial charge on any atom is 0.188 e. The molecule has 13 heavy (non-hydrogen) atoms. The second-order valence-electron chi connectivity index (χ2n) is 3.27. The summed E-state index contributed by atoms with van der Waals surface area (Å²) in [5.41, 5.74) is 1.00. The highest BCUT2D eigenvalue weighted by molar-refractivity contribution is 5.35. The third-order valence-corrected chi connectivity index (χ3v) is 2.35. The minimum atomic E-state index is -0.219. The molecule has 2 aliphatic rings. The quantitative estimate of drug-likeness (QED) is 0.602. The summed E-state index contributed by atoms with van der Waals surface area (Å²) in [5.74, 6) is 0.884. The van der Waals surface area contributed by atoms with E-state index in [4.69, 9.17) is 14.2 Å². The van der Waals surface area contributed by atoms with Crippen molar-refractivity contribution in [2.24, 2.45) is 0 Å². The lowest BCUT2D eigenvalue weighted by atomic mass is 10.2. The van der Waals surface area contributed by atoms with Crippen LogP contribution in [0.3, 0.4) is 0 Å². The highest BCUT2D eigenvalue weighted by Crippen LogP contribution is 2.36. The summed E-state index contributed by atoms with van der Waals surface area (Å²) in [7, 11) is 0. The van der Waals surface area contributed by atoms with Crippen LogP contribution in [0, 0.1) is 0 Å². The minimum Gasteiger partial charge on any atom is -0.490 e. The Balaban J connectivity index is 2.07. The topological polar surface area (TPSA) is 27.7 Å². The number of ether oxygens (including phenoxy) is 3. The van der Waals surface area contributed by atoms with Gasteiger partial charge in [0.2, 0.25) is 0 Å². The van der Waals surface area contributed by atoms with Gasteiger partial charge in [0.1, 0.15) is 18.5 Å². The summed E-state index contributed by atoms with van der Waals surface area (Å²) in [6.07, 6.45) is -0.124. The third-order valence-electron chi connectivity index (χ3n) is 2.35. The maximum atomic E-state index is 5.60. The maximum absolute atomic E-state index is 5.60. The Kier molecular flexibility index (Phi) is 1.54. The second-order valence-corrected chi connectivity index (χ2v) is 3.27. The summed E-state index contributed by atoms with van der Waals surface area (Å²) in [6.45, 7) is 1.23. The van der Waals surface area contributed by atoms with Crippen molar-refractivity contribution in [2.75, 3.05) is 13.2 Å². The molecule has 0 saturated carbocycles. The van der Waals surface area contributed by atoms with Crippen LogP contribution in [0.1, 0.15) is 11.9 Å². The van der Waals surface area contributed by atoms with E-state index < -0.39 is 0 Å². The van der Waals surface area contributed by atoms with Gasteiger partial charge in [-0.3, -0.25) is 0 Å². The van der Waals surface area contributed by atoms with Crippen molar-refractivity contribution >= 4 is 0 Å². The first kappa shape index (κ1) is 7.35. The van der Waals surface area contributed by atoms with Gasteiger partial charge in [0, 0.05) is 5.56 Å². The molecule has 1 fully saturated rings. The van der Waals surface area contributed by atoms with Crippen LogP contribution in [-0.2, 0) is 9.47 Å². The van der Waals surface area contributed by atoms with Gasteiger partial charge in [0.25, 0.3) is 0 Å². The van der Waals surface area contributed by atoms with Gasteiger partial charge >= 0.3 is 0 Å². The smallest absolute Gasteiger partial charge is 0.188 e. The molecular weight excluding hydrogens is 168 g/mol. The molecule has 0 spiro atoms. The first-order valence-electron chi connectivity index (χ1n) is 4.42. The molecule has 68 valence electrons. The van der Waals surface area contributed by atoms with Crippen LogP contribution in [0.25, 0.3) is 0 Å². The number of fused-ring (bicyclic) bond motifs is 4. The van der Waals surface area contributed by atoms with E-state index in [1.54, 1.807) is 0 Å². The minimum absolute atomic E-state index is 0.0948. The standard InChI is InChI=1S/C10H10O3/c1-2-4-9-8(3-1)10-12-6-7(13-10)5-11-9/h1-4,7,10H,5-6H2/t7-,10+/m1/s1. The number of hydrogen-bond acceptors (Lipinski definition) is 3. The summed E-state index contributed by atoms with van der Waals surface area (Å²) in [5, 5.41) is 0. The molecule has 0 aliphatic carbocycles. The zero-order valence-electron chi connectivity index (χ0n) is 7.10. The van der Waals surface area contributed by atoms with Crippen LogP contribution in [-0.4, -0.2) is 19.3 Å². The highest BCUT2D eigenvalue weighted by Gasteiger charge is 2.32. The number of para-hydroxylation sites is 1. The molecule has 2 aliphatic heterocycles. The van der Waals surface area contributed by atoms with Crippen molar-refractivity contribution in [2.45, 2.75) is 12.4 Å². The molecule has 3 nitrogen and oxygen atoms in total. The van der Waals surface area contributed by atoms with E-state index in [9.17, 15) is 0 Å². The van der Waals surface area contributed by atoms with Gasteiger partial charge in [0.05, 0.1) is 6.61 Å². The Labute approximate surface area is 76.2 Å². The highest BCUT2D eigenvalue weighted by atomic mass is 16.7. The SMILES string of the molecule is c1ccc2c(c1)OC[C@@H]1CO[C@H]2O1. The Morgan fingerprint density at radius 3 is 3.08 bits per heavy atom. The summed E-state index contributed by atoms with van der Waals surface area (Å²) in [4.78, 5) is 0. The van der Waals surface area contributed by atoms with E-state index in [2.05, 4.69) is 0 Å². The third kappa shape index (κ3) is 1.12. The van der Waals surface area contributed by atoms with E-state index in [0.717, 1.165) is 11.3 Å². The molecule has 0 N–H and O–H groups in total. The second kappa shape index (κ2) is 2.72. The molecule has 0 radical (unpaired) electrons. The number of hydrogen-bond donors (Lipinski definition) is 0. The Morgan fingerprint density at radius 2 is 2.08 bits per heavy atom. The molecular formula is C10H10O3. The Hall–Kier alpha value is -1.06. The lowest BCUT2D eigenvalue weighted by Gasteiger charge is -2.12. The van der Waals surface area contributed by atoms with Gasteiger partial charge in [-0.05, 0) is 6.07 Å². The van der Waals surface area contributed by atoms with Crippen molar-refractivity contribution in [1.82, 2.24) is 0 Å². The van der Waals surface area contributed by atoms with Crippen LogP contribution < -0.4 is 4.74 Å². The molecule has 2 bridgehead atoms. The average molecular weight is 178 g/mol. The Bertz CT molecular complexity index is 324. The lowest BCUT2D eigenvalue weighted by Crippen LogP contribution is -2.18. The molecule has 0 amide bonds. The molecule has 3 heteroatoms. The van der Waals surface area contributed by atoms with Gasteiger partial charge < -0.3 is 14.2 Å². The average Bonchev–Trinajstić information content (AvgIpc) is 2.54. The van der Waals surface area contributed by atoms with Crippen molar-refractivity contribution in [3.63, 3.8) is 0 Å². The fraction of sp³-hybridized carbons (Fsp3) is 0.400. The largest absolute Gasteiger partial charge is 0.490 e. The number of rotatable bonds is 0. The van der Waals surface area contributed by atoms with E-state index >= 15 is 0 Å². The molecule has 1 aromatic rings. The van der Waals surface area contributed by atoms with Crippen molar-refractivity contribution in [3.05, 3.63) is 29.8 Å². The van der Waals surface area contributed by atoms with Crippen LogP contribution in [0.5, 0.6) is 5.75 Å². The normalized spacial score (nSPS) is 30.5. The fourth-order valence-corrected chi connectivity index (χ4v) is 1.69. The van der Waals surface area contributed by atoms with Crippen molar-refractivity contribution in [3.8, 4) is 5.75 Å². The first-order valence-corrected chi connectivity index (χ1v) is 4.42. The van der Waals surface area contributed by atoms with Crippen molar-refractivity contribution in [1.29, 1.82) is 0 Å². The molecule has 2 heterocycles. The molecule has 0 unspecified atom stereocenters. The molecule has 3 rings (SSSR count). The Morgan fingerprint density at radius 1 is 1.15 bits per heavy atom. The summed E-state index contributed by atoms with van der Waals surface area (Å²) < 4.78 is 16.7. The van der Waals surface area contributed by atoms with Gasteiger partial charge in [-0.25, -0.2) is 0 Å². The van der Waals surface area contributed by atoms with Gasteiger partial charge in [-0.1, -0.05) is 18.2 Å². The first-order chi connectivity index (χ1) is 6.43. The van der Waals surface area contributed by atoms with Gasteiger partial charge in [-0.15, -0.1) is 0 Å². The van der Waals surface area contributed by atoms with E-state index in [1.165, 1.54) is 0 Å². The zero-order valence-corrected chi connectivity index (χ0v) is 7.10. The summed E-state index contributed by atoms with van der Waals surface area (Å²) in [6, 6.07) is 7.85. The van der Waals surface area contributed by atoms with Gasteiger partial charge in [0.15, 0.2) is 6.29 Å². The van der Waals surface area contributed by atoms with Gasteiger partial charge in [-0.2, -0.15) is 0 Å². The zero-order chi connectivity index (χ0) is 8.67. The van der Waals surface area contributed by atoms with E-state index in [1.807, 2.05) is 24.3 Å². The fourth-order valence-electron chi connectivity index (χ4n) is 1.69. The van der Waals surface area contributed by atoms with Crippen molar-refractivity contribution < 1.29 is 14.2 Å². The van der Waals surface area contributed by atoms with Crippen LogP contribution in [0.4, 0.5) is 0 Å². The molecule has 2 atom stereocenters. The summed E-state index contributed by atoms with van der Waals surface area (Å²) >= 11 is 0. The monoisotopic (exact) mass is 178 g/mol. The lowest BCUT2D eigenvalue weighted by molar-refractivity contribution is -0.0579. The van der Waals surface area contributed by atoms with Crippen LogP contribution in [0.2, 0.25) is 0 Å². The number of benzene rings is 1. The van der Waals surface area contributed by atoms with E-state index in [-0.39, 0.29) is 12.4 Å². The molecule has 1 aromatic carbocycles.